The zero-order chi connectivity index (χ0) is 20.4. The SMILES string of the molecule is Cc1ccc(OCC(O)CN2CCc3c(cccc3N3CCOC3=O)C2)c(C)c1. The molecule has 2 aromatic rings. The number of ether oxygens (including phenoxy) is 2. The fourth-order valence-corrected chi connectivity index (χ4v) is 4.17. The summed E-state index contributed by atoms with van der Waals surface area (Å²) in [6.07, 6.45) is 0.0220. The normalized spacial score (nSPS) is 17.8. The molecular formula is C23H28N2O4. The molecule has 0 saturated carbocycles. The molecule has 2 aliphatic heterocycles. The van der Waals surface area contributed by atoms with E-state index in [-0.39, 0.29) is 12.7 Å². The first kappa shape index (κ1) is 19.7. The van der Waals surface area contributed by atoms with Crippen LogP contribution in [0.5, 0.6) is 5.75 Å². The highest BCUT2D eigenvalue weighted by atomic mass is 16.6. The fourth-order valence-electron chi connectivity index (χ4n) is 4.17. The monoisotopic (exact) mass is 396 g/mol. The lowest BCUT2D eigenvalue weighted by Gasteiger charge is -2.32. The van der Waals surface area contributed by atoms with Gasteiger partial charge in [0.1, 0.15) is 25.1 Å². The van der Waals surface area contributed by atoms with Gasteiger partial charge in [0.25, 0.3) is 0 Å². The van der Waals surface area contributed by atoms with E-state index in [1.54, 1.807) is 4.90 Å². The van der Waals surface area contributed by atoms with Gasteiger partial charge in [0, 0.05) is 19.6 Å². The minimum Gasteiger partial charge on any atom is -0.491 e. The molecular weight excluding hydrogens is 368 g/mol. The molecule has 1 amide bonds. The van der Waals surface area contributed by atoms with Gasteiger partial charge in [-0.3, -0.25) is 9.80 Å². The summed E-state index contributed by atoms with van der Waals surface area (Å²) in [5.41, 5.74) is 5.66. The largest absolute Gasteiger partial charge is 0.491 e. The molecule has 1 fully saturated rings. The van der Waals surface area contributed by atoms with Crippen LogP contribution in [0.1, 0.15) is 22.3 Å². The predicted octanol–water partition coefficient (Wildman–Crippen LogP) is 3.06. The van der Waals surface area contributed by atoms with Gasteiger partial charge < -0.3 is 14.6 Å². The van der Waals surface area contributed by atoms with Crippen molar-refractivity contribution in [2.75, 3.05) is 37.7 Å². The Hall–Kier alpha value is -2.57. The maximum atomic E-state index is 11.9. The fraction of sp³-hybridized carbons (Fsp3) is 0.435. The number of amides is 1. The Morgan fingerprint density at radius 1 is 1.21 bits per heavy atom. The van der Waals surface area contributed by atoms with Crippen molar-refractivity contribution in [3.8, 4) is 5.75 Å². The van der Waals surface area contributed by atoms with Crippen molar-refractivity contribution in [1.29, 1.82) is 0 Å². The number of carbonyl (C=O) groups is 1. The highest BCUT2D eigenvalue weighted by molar-refractivity contribution is 5.90. The van der Waals surface area contributed by atoms with Gasteiger partial charge in [0.15, 0.2) is 0 Å². The highest BCUT2D eigenvalue weighted by Crippen LogP contribution is 2.30. The molecule has 2 heterocycles. The number of cyclic esters (lactones) is 1. The number of β-amino-alcohol motifs (C(OH)–C–C–N with tert-alkyl or cyclic N) is 1. The third-order valence-corrected chi connectivity index (χ3v) is 5.60. The maximum absolute atomic E-state index is 11.9. The van der Waals surface area contributed by atoms with E-state index in [9.17, 15) is 9.90 Å². The molecule has 154 valence electrons. The lowest BCUT2D eigenvalue weighted by Crippen LogP contribution is -2.39. The lowest BCUT2D eigenvalue weighted by atomic mass is 9.97. The number of benzene rings is 2. The van der Waals surface area contributed by atoms with Crippen molar-refractivity contribution in [3.05, 3.63) is 58.7 Å². The van der Waals surface area contributed by atoms with Gasteiger partial charge in [-0.05, 0) is 49.1 Å². The van der Waals surface area contributed by atoms with Gasteiger partial charge in [-0.15, -0.1) is 0 Å². The number of anilines is 1. The summed E-state index contributed by atoms with van der Waals surface area (Å²) in [5, 5.41) is 10.5. The van der Waals surface area contributed by atoms with Crippen LogP contribution < -0.4 is 9.64 Å². The molecule has 2 aromatic carbocycles. The minimum absolute atomic E-state index is 0.264. The van der Waals surface area contributed by atoms with Crippen molar-refractivity contribution in [2.45, 2.75) is 32.9 Å². The Labute approximate surface area is 171 Å². The first-order chi connectivity index (χ1) is 14.0. The Kier molecular flexibility index (Phi) is 5.74. The molecule has 0 radical (unpaired) electrons. The van der Waals surface area contributed by atoms with Crippen LogP contribution in [0.2, 0.25) is 0 Å². The van der Waals surface area contributed by atoms with Crippen LogP contribution in [0.25, 0.3) is 0 Å². The van der Waals surface area contributed by atoms with E-state index in [4.69, 9.17) is 9.47 Å². The summed E-state index contributed by atoms with van der Waals surface area (Å²) in [7, 11) is 0. The highest BCUT2D eigenvalue weighted by Gasteiger charge is 2.28. The van der Waals surface area contributed by atoms with Crippen LogP contribution in [-0.2, 0) is 17.7 Å². The van der Waals surface area contributed by atoms with Crippen LogP contribution in [0.3, 0.4) is 0 Å². The molecule has 0 aromatic heterocycles. The van der Waals surface area contributed by atoms with E-state index >= 15 is 0 Å². The third kappa shape index (κ3) is 4.38. The van der Waals surface area contributed by atoms with E-state index in [2.05, 4.69) is 24.0 Å². The minimum atomic E-state index is -0.561. The average molecular weight is 396 g/mol. The van der Waals surface area contributed by atoms with Crippen molar-refractivity contribution in [3.63, 3.8) is 0 Å². The standard InChI is InChI=1S/C23H28N2O4/c1-16-6-7-22(17(2)12-16)29-15-19(26)14-24-9-8-20-18(13-24)4-3-5-21(20)25-10-11-28-23(25)27/h3-7,12,19,26H,8-11,13-15H2,1-2H3. The van der Waals surface area contributed by atoms with Crippen molar-refractivity contribution in [2.24, 2.45) is 0 Å². The first-order valence-corrected chi connectivity index (χ1v) is 10.2. The molecule has 6 nitrogen and oxygen atoms in total. The number of aryl methyl sites for hydroxylation is 2. The Bertz CT molecular complexity index is 898. The van der Waals surface area contributed by atoms with Crippen molar-refractivity contribution < 1.29 is 19.4 Å². The van der Waals surface area contributed by atoms with Gasteiger partial charge >= 0.3 is 6.09 Å². The Morgan fingerprint density at radius 2 is 2.07 bits per heavy atom. The molecule has 1 unspecified atom stereocenters. The van der Waals surface area contributed by atoms with Gasteiger partial charge in [-0.25, -0.2) is 4.79 Å². The third-order valence-electron chi connectivity index (χ3n) is 5.60. The van der Waals surface area contributed by atoms with Gasteiger partial charge in [0.05, 0.1) is 12.2 Å². The summed E-state index contributed by atoms with van der Waals surface area (Å²) in [4.78, 5) is 15.9. The molecule has 2 aliphatic rings. The molecule has 1 atom stereocenters. The second-order valence-electron chi connectivity index (χ2n) is 7.90. The Balaban J connectivity index is 1.36. The Morgan fingerprint density at radius 3 is 2.83 bits per heavy atom. The summed E-state index contributed by atoms with van der Waals surface area (Å²) >= 11 is 0. The summed E-state index contributed by atoms with van der Waals surface area (Å²) in [6, 6.07) is 12.1. The van der Waals surface area contributed by atoms with Crippen molar-refractivity contribution in [1.82, 2.24) is 4.90 Å². The van der Waals surface area contributed by atoms with Crippen LogP contribution in [0, 0.1) is 13.8 Å². The molecule has 0 aliphatic carbocycles. The summed E-state index contributed by atoms with van der Waals surface area (Å²) < 4.78 is 10.9. The van der Waals surface area contributed by atoms with E-state index in [1.807, 2.05) is 31.2 Å². The van der Waals surface area contributed by atoms with E-state index in [1.165, 1.54) is 16.7 Å². The lowest BCUT2D eigenvalue weighted by molar-refractivity contribution is 0.0636. The van der Waals surface area contributed by atoms with Gasteiger partial charge in [-0.2, -0.15) is 0 Å². The molecule has 6 heteroatoms. The summed E-state index contributed by atoms with van der Waals surface area (Å²) in [6.45, 7) is 7.55. The predicted molar refractivity (Wildman–Crippen MR) is 112 cm³/mol. The van der Waals surface area contributed by atoms with Crippen LogP contribution in [0.15, 0.2) is 36.4 Å². The van der Waals surface area contributed by atoms with Crippen LogP contribution >= 0.6 is 0 Å². The topological polar surface area (TPSA) is 62.2 Å². The molecule has 1 saturated heterocycles. The van der Waals surface area contributed by atoms with Gasteiger partial charge in [-0.1, -0.05) is 29.8 Å². The first-order valence-electron chi connectivity index (χ1n) is 10.2. The number of aliphatic hydroxyl groups is 1. The maximum Gasteiger partial charge on any atom is 0.414 e. The van der Waals surface area contributed by atoms with E-state index in [0.29, 0.717) is 19.7 Å². The smallest absolute Gasteiger partial charge is 0.414 e. The number of hydrogen-bond acceptors (Lipinski definition) is 5. The number of nitrogens with zero attached hydrogens (tertiary/aromatic N) is 2. The number of aliphatic hydroxyl groups excluding tert-OH is 1. The zero-order valence-electron chi connectivity index (χ0n) is 17.1. The zero-order valence-corrected chi connectivity index (χ0v) is 17.1. The number of carbonyl (C=O) groups excluding carboxylic acids is 1. The quantitative estimate of drug-likeness (QED) is 0.813. The van der Waals surface area contributed by atoms with Crippen LogP contribution in [0.4, 0.5) is 10.5 Å². The molecule has 1 N–H and O–H groups in total. The van der Waals surface area contributed by atoms with E-state index < -0.39 is 6.10 Å². The molecule has 29 heavy (non-hydrogen) atoms. The number of rotatable bonds is 6. The van der Waals surface area contributed by atoms with Crippen LogP contribution in [-0.4, -0.2) is 55.1 Å². The molecule has 4 rings (SSSR count). The van der Waals surface area contributed by atoms with E-state index in [0.717, 1.165) is 36.5 Å². The number of fused-ring (bicyclic) bond motifs is 1. The van der Waals surface area contributed by atoms with Crippen molar-refractivity contribution >= 4 is 11.8 Å². The second kappa shape index (κ2) is 8.43. The molecule has 0 bridgehead atoms. The molecule has 0 spiro atoms. The number of hydrogen-bond donors (Lipinski definition) is 1. The average Bonchev–Trinajstić information content (AvgIpc) is 3.12. The second-order valence-corrected chi connectivity index (χ2v) is 7.90. The summed E-state index contributed by atoms with van der Waals surface area (Å²) in [5.74, 6) is 0.820. The van der Waals surface area contributed by atoms with Gasteiger partial charge in [0.2, 0.25) is 0 Å².